The highest BCUT2D eigenvalue weighted by molar-refractivity contribution is 5.86. The fourth-order valence-electron chi connectivity index (χ4n) is 4.38. The van der Waals surface area contributed by atoms with E-state index in [1.54, 1.807) is 0 Å². The number of nitrogens with one attached hydrogen (secondary N) is 2. The van der Waals surface area contributed by atoms with Crippen molar-refractivity contribution in [2.45, 2.75) is 32.7 Å². The minimum atomic E-state index is 0.436. The van der Waals surface area contributed by atoms with Crippen molar-refractivity contribution >= 4 is 16.9 Å². The van der Waals surface area contributed by atoms with Gasteiger partial charge in [-0.15, -0.1) is 0 Å². The van der Waals surface area contributed by atoms with E-state index < -0.39 is 0 Å². The van der Waals surface area contributed by atoms with Crippen LogP contribution in [0, 0.1) is 12.8 Å². The Bertz CT molecular complexity index is 939. The fraction of sp³-hybridized carbons (Fsp3) is 0.455. The number of H-pyrrole nitrogens is 1. The predicted octanol–water partition coefficient (Wildman–Crippen LogP) is 3.37. The number of aromatic nitrogens is 3. The maximum Gasteiger partial charge on any atom is 0.193 e. The molecule has 4 rings (SSSR count). The average Bonchev–Trinajstić information content (AvgIpc) is 3.37. The quantitative estimate of drug-likeness (QED) is 0.540. The fourth-order valence-corrected chi connectivity index (χ4v) is 4.38. The largest absolute Gasteiger partial charge is 0.361 e. The van der Waals surface area contributed by atoms with Crippen molar-refractivity contribution < 1.29 is 0 Å². The van der Waals surface area contributed by atoms with Gasteiger partial charge < -0.3 is 19.8 Å². The highest BCUT2D eigenvalue weighted by Gasteiger charge is 2.28. The van der Waals surface area contributed by atoms with Crippen molar-refractivity contribution in [3.8, 4) is 0 Å². The zero-order valence-electron chi connectivity index (χ0n) is 17.0. The number of benzene rings is 1. The van der Waals surface area contributed by atoms with Gasteiger partial charge in [0.15, 0.2) is 5.96 Å². The number of imidazole rings is 1. The number of hydrogen-bond donors (Lipinski definition) is 2. The minimum Gasteiger partial charge on any atom is -0.361 e. The summed E-state index contributed by atoms with van der Waals surface area (Å²) in [6.07, 6.45) is 10.1. The van der Waals surface area contributed by atoms with Crippen molar-refractivity contribution in [3.63, 3.8) is 0 Å². The van der Waals surface area contributed by atoms with Crippen LogP contribution in [0.2, 0.25) is 0 Å². The van der Waals surface area contributed by atoms with Gasteiger partial charge in [0.25, 0.3) is 0 Å². The molecule has 2 unspecified atom stereocenters. The first-order valence-electron chi connectivity index (χ1n) is 10.2. The zero-order chi connectivity index (χ0) is 19.5. The van der Waals surface area contributed by atoms with E-state index in [4.69, 9.17) is 0 Å². The minimum absolute atomic E-state index is 0.436. The molecule has 2 aromatic heterocycles. The molecule has 1 aromatic carbocycles. The highest BCUT2D eigenvalue weighted by Crippen LogP contribution is 2.27. The summed E-state index contributed by atoms with van der Waals surface area (Å²) in [7, 11) is 1.88. The Hall–Kier alpha value is -2.76. The van der Waals surface area contributed by atoms with Crippen molar-refractivity contribution in [3.05, 3.63) is 54.2 Å². The molecule has 3 aromatic rings. The van der Waals surface area contributed by atoms with Gasteiger partial charge in [0, 0.05) is 56.2 Å². The molecule has 6 heteroatoms. The van der Waals surface area contributed by atoms with Crippen molar-refractivity contribution in [2.75, 3.05) is 26.7 Å². The number of nitrogens with zero attached hydrogens (tertiary/aromatic N) is 4. The first-order chi connectivity index (χ1) is 13.7. The third kappa shape index (κ3) is 3.63. The third-order valence-corrected chi connectivity index (χ3v) is 6.01. The van der Waals surface area contributed by atoms with Crippen LogP contribution in [0.25, 0.3) is 10.9 Å². The van der Waals surface area contributed by atoms with Crippen LogP contribution in [0.5, 0.6) is 0 Å². The van der Waals surface area contributed by atoms with Gasteiger partial charge in [0.1, 0.15) is 0 Å². The summed E-state index contributed by atoms with van der Waals surface area (Å²) < 4.78 is 2.23. The molecule has 1 aliphatic rings. The third-order valence-electron chi connectivity index (χ3n) is 6.01. The number of hydrogen-bond acceptors (Lipinski definition) is 2. The Morgan fingerprint density at radius 3 is 3.07 bits per heavy atom. The molecule has 0 spiro atoms. The Morgan fingerprint density at radius 2 is 2.29 bits per heavy atom. The number of rotatable bonds is 4. The van der Waals surface area contributed by atoms with E-state index in [0.717, 1.165) is 38.4 Å². The van der Waals surface area contributed by atoms with E-state index in [9.17, 15) is 0 Å². The van der Waals surface area contributed by atoms with E-state index in [1.807, 2.05) is 19.6 Å². The molecule has 0 saturated carbocycles. The summed E-state index contributed by atoms with van der Waals surface area (Å²) in [5.74, 6) is 1.63. The molecular weight excluding hydrogens is 348 g/mol. The Labute approximate surface area is 166 Å². The maximum atomic E-state index is 4.55. The smallest absolute Gasteiger partial charge is 0.193 e. The molecule has 6 nitrogen and oxygen atoms in total. The molecule has 0 amide bonds. The van der Waals surface area contributed by atoms with Crippen molar-refractivity contribution in [2.24, 2.45) is 10.9 Å². The second-order valence-electron chi connectivity index (χ2n) is 7.82. The van der Waals surface area contributed by atoms with Crippen LogP contribution in [-0.4, -0.2) is 52.1 Å². The Balaban J connectivity index is 1.39. The summed E-state index contributed by atoms with van der Waals surface area (Å²) in [5, 5.41) is 4.93. The molecule has 1 fully saturated rings. The topological polar surface area (TPSA) is 61.2 Å². The highest BCUT2D eigenvalue weighted by atomic mass is 15.3. The lowest BCUT2D eigenvalue weighted by Crippen LogP contribution is -2.49. The monoisotopic (exact) mass is 378 g/mol. The number of likely N-dealkylation sites (tertiary alicyclic amines) is 1. The second-order valence-corrected chi connectivity index (χ2v) is 7.82. The zero-order valence-corrected chi connectivity index (χ0v) is 17.0. The molecule has 0 aliphatic carbocycles. The maximum absolute atomic E-state index is 4.55. The van der Waals surface area contributed by atoms with Gasteiger partial charge in [0.05, 0.1) is 12.4 Å². The molecular formula is C22H30N6. The number of aromatic amines is 1. The van der Waals surface area contributed by atoms with Crippen LogP contribution in [0.3, 0.4) is 0 Å². The van der Waals surface area contributed by atoms with Gasteiger partial charge in [-0.1, -0.05) is 19.1 Å². The lowest BCUT2D eigenvalue weighted by Gasteiger charge is -2.39. The normalized spacial score (nSPS) is 20.7. The van der Waals surface area contributed by atoms with Crippen molar-refractivity contribution in [1.29, 1.82) is 0 Å². The number of piperidine rings is 1. The van der Waals surface area contributed by atoms with E-state index in [1.165, 1.54) is 22.0 Å². The number of guanidine groups is 1. The lowest BCUT2D eigenvalue weighted by atomic mass is 9.93. The summed E-state index contributed by atoms with van der Waals surface area (Å²) >= 11 is 0. The summed E-state index contributed by atoms with van der Waals surface area (Å²) in [6.45, 7) is 7.38. The van der Waals surface area contributed by atoms with Crippen LogP contribution in [0.1, 0.15) is 30.5 Å². The predicted molar refractivity (Wildman–Crippen MR) is 115 cm³/mol. The van der Waals surface area contributed by atoms with Gasteiger partial charge in [-0.25, -0.2) is 4.98 Å². The molecule has 3 heterocycles. The molecule has 148 valence electrons. The molecule has 28 heavy (non-hydrogen) atoms. The number of aryl methyl sites for hydroxylation is 1. The first-order valence-corrected chi connectivity index (χ1v) is 10.2. The SMILES string of the molecule is CN=C(NCCc1c[nH]c2cccc(C)c12)N1CCC(C)C(n2ccnc2)C1. The molecule has 0 bridgehead atoms. The number of fused-ring (bicyclic) bond motifs is 1. The van der Waals surface area contributed by atoms with Gasteiger partial charge in [0.2, 0.25) is 0 Å². The summed E-state index contributed by atoms with van der Waals surface area (Å²) in [6, 6.07) is 6.86. The van der Waals surface area contributed by atoms with E-state index >= 15 is 0 Å². The average molecular weight is 379 g/mol. The summed E-state index contributed by atoms with van der Waals surface area (Å²) in [5.41, 5.74) is 3.90. The van der Waals surface area contributed by atoms with E-state index in [2.05, 4.69) is 74.2 Å². The van der Waals surface area contributed by atoms with Crippen LogP contribution in [0.4, 0.5) is 0 Å². The van der Waals surface area contributed by atoms with Crippen LogP contribution in [0.15, 0.2) is 48.1 Å². The first kappa shape index (κ1) is 18.6. The molecule has 2 N–H and O–H groups in total. The van der Waals surface area contributed by atoms with Gasteiger partial charge in [-0.3, -0.25) is 4.99 Å². The Kier molecular flexibility index (Phi) is 5.37. The van der Waals surface area contributed by atoms with Gasteiger partial charge in [-0.05, 0) is 42.9 Å². The molecule has 1 aliphatic heterocycles. The van der Waals surface area contributed by atoms with Gasteiger partial charge in [-0.2, -0.15) is 0 Å². The number of aliphatic imine (C=N–C) groups is 1. The van der Waals surface area contributed by atoms with E-state index in [-0.39, 0.29) is 0 Å². The van der Waals surface area contributed by atoms with Crippen molar-refractivity contribution in [1.82, 2.24) is 24.8 Å². The van der Waals surface area contributed by atoms with E-state index in [0.29, 0.717) is 12.0 Å². The van der Waals surface area contributed by atoms with Crippen LogP contribution in [-0.2, 0) is 6.42 Å². The Morgan fingerprint density at radius 1 is 1.39 bits per heavy atom. The molecule has 0 radical (unpaired) electrons. The van der Waals surface area contributed by atoms with Gasteiger partial charge >= 0.3 is 0 Å². The van der Waals surface area contributed by atoms with Crippen LogP contribution >= 0.6 is 0 Å². The molecule has 2 atom stereocenters. The summed E-state index contributed by atoms with van der Waals surface area (Å²) in [4.78, 5) is 14.6. The lowest BCUT2D eigenvalue weighted by molar-refractivity contribution is 0.189. The second kappa shape index (κ2) is 8.09. The molecule has 1 saturated heterocycles. The standard InChI is InChI=1S/C22H30N6/c1-16-8-11-27(14-20(16)28-12-10-24-15-28)22(23-3)25-9-7-18-13-26-19-6-4-5-17(2)21(18)19/h4-6,10,12-13,15-16,20,26H,7-9,11,14H2,1-3H3,(H,23,25). The van der Waals surface area contributed by atoms with Crippen LogP contribution < -0.4 is 5.32 Å².